The van der Waals surface area contributed by atoms with Crippen LogP contribution in [0.4, 0.5) is 4.79 Å². The first-order valence-corrected chi connectivity index (χ1v) is 14.7. The Hall–Kier alpha value is -3.59. The Balaban J connectivity index is 1.69. The highest BCUT2D eigenvalue weighted by molar-refractivity contribution is 6.33. The van der Waals surface area contributed by atoms with Gasteiger partial charge in [-0.25, -0.2) is 4.79 Å². The van der Waals surface area contributed by atoms with E-state index in [4.69, 9.17) is 21.1 Å². The molecule has 1 saturated heterocycles. The van der Waals surface area contributed by atoms with Crippen molar-refractivity contribution in [3.8, 4) is 16.9 Å². The first kappa shape index (κ1) is 31.3. The first-order chi connectivity index (χ1) is 20.3. The van der Waals surface area contributed by atoms with Crippen molar-refractivity contribution in [1.29, 1.82) is 0 Å². The van der Waals surface area contributed by atoms with Gasteiger partial charge in [-0.2, -0.15) is 0 Å². The minimum absolute atomic E-state index is 0.0514. The summed E-state index contributed by atoms with van der Waals surface area (Å²) in [5.41, 5.74) is 2.64. The fourth-order valence-electron chi connectivity index (χ4n) is 5.84. The lowest BCUT2D eigenvalue weighted by Gasteiger charge is -2.44. The minimum atomic E-state index is -1.34. The van der Waals surface area contributed by atoms with Crippen molar-refractivity contribution >= 4 is 23.6 Å². The van der Waals surface area contributed by atoms with Gasteiger partial charge in [0.15, 0.2) is 0 Å². The van der Waals surface area contributed by atoms with Crippen LogP contribution in [0.25, 0.3) is 11.1 Å². The molecule has 0 bridgehead atoms. The number of hydrogen-bond donors (Lipinski definition) is 3. The largest absolute Gasteiger partial charge is 0.497 e. The second-order valence-electron chi connectivity index (χ2n) is 10.7. The summed E-state index contributed by atoms with van der Waals surface area (Å²) in [4.78, 5) is 27.1. The summed E-state index contributed by atoms with van der Waals surface area (Å²) in [5.74, 6) is 0.364. The summed E-state index contributed by atoms with van der Waals surface area (Å²) >= 11 is 6.83. The average Bonchev–Trinajstić information content (AvgIpc) is 3.03. The van der Waals surface area contributed by atoms with Crippen LogP contribution in [0.5, 0.6) is 5.75 Å². The van der Waals surface area contributed by atoms with Gasteiger partial charge in [-0.1, -0.05) is 48.0 Å². The van der Waals surface area contributed by atoms with E-state index in [0.717, 1.165) is 36.1 Å². The van der Waals surface area contributed by atoms with E-state index in [-0.39, 0.29) is 11.8 Å². The van der Waals surface area contributed by atoms with Gasteiger partial charge in [0.2, 0.25) is 0 Å². The maximum absolute atomic E-state index is 13.6. The van der Waals surface area contributed by atoms with Crippen molar-refractivity contribution < 1.29 is 24.2 Å². The average molecular weight is 594 g/mol. The van der Waals surface area contributed by atoms with Crippen molar-refractivity contribution in [2.24, 2.45) is 5.92 Å². The molecule has 0 aromatic heterocycles. The molecule has 224 valence electrons. The number of nitrogens with one attached hydrogen (secondary N) is 2. The SMILES string of the molecule is CNCc1ccc(C(=O)N2CCC[C@@H]([C@@](O)(CCCNC(=O)OC)c3cccc(Cl)c3-c3cccc(OC)c3)C2)cc1. The molecule has 1 heterocycles. The van der Waals surface area contributed by atoms with E-state index in [1.54, 1.807) is 7.11 Å². The highest BCUT2D eigenvalue weighted by Gasteiger charge is 2.43. The van der Waals surface area contributed by atoms with Crippen molar-refractivity contribution in [3.05, 3.63) is 88.4 Å². The van der Waals surface area contributed by atoms with Gasteiger partial charge in [-0.3, -0.25) is 4.79 Å². The smallest absolute Gasteiger partial charge is 0.406 e. The topological polar surface area (TPSA) is 100 Å². The van der Waals surface area contributed by atoms with Crippen molar-refractivity contribution in [3.63, 3.8) is 0 Å². The third-order valence-corrected chi connectivity index (χ3v) is 8.31. The predicted molar refractivity (Wildman–Crippen MR) is 165 cm³/mol. The summed E-state index contributed by atoms with van der Waals surface area (Å²) in [6.45, 7) is 2.07. The highest BCUT2D eigenvalue weighted by atomic mass is 35.5. The number of alkyl carbamates (subject to hydrolysis) is 1. The molecule has 1 aliphatic rings. The van der Waals surface area contributed by atoms with Gasteiger partial charge in [0.25, 0.3) is 5.91 Å². The second kappa shape index (κ2) is 14.5. The lowest BCUT2D eigenvalue weighted by molar-refractivity contribution is -0.0563. The molecule has 0 aliphatic carbocycles. The molecule has 8 nitrogen and oxygen atoms in total. The summed E-state index contributed by atoms with van der Waals surface area (Å²) in [5, 5.41) is 19.1. The molecule has 3 N–H and O–H groups in total. The summed E-state index contributed by atoms with van der Waals surface area (Å²) < 4.78 is 10.2. The van der Waals surface area contributed by atoms with Gasteiger partial charge >= 0.3 is 6.09 Å². The van der Waals surface area contributed by atoms with Crippen molar-refractivity contribution in [2.75, 3.05) is 40.9 Å². The zero-order chi connectivity index (χ0) is 30.1. The molecule has 0 spiro atoms. The van der Waals surface area contributed by atoms with Crippen LogP contribution in [0, 0.1) is 5.92 Å². The number of halogens is 1. The third-order valence-electron chi connectivity index (χ3n) is 7.99. The number of carbonyl (C=O) groups is 2. The van der Waals surface area contributed by atoms with Crippen molar-refractivity contribution in [2.45, 2.75) is 37.8 Å². The molecule has 4 rings (SSSR count). The Morgan fingerprint density at radius 1 is 1.10 bits per heavy atom. The van der Waals surface area contributed by atoms with Crippen LogP contribution in [-0.4, -0.2) is 62.9 Å². The van der Waals surface area contributed by atoms with Gasteiger partial charge in [-0.15, -0.1) is 0 Å². The van der Waals surface area contributed by atoms with E-state index >= 15 is 0 Å². The Bertz CT molecular complexity index is 1370. The zero-order valence-corrected chi connectivity index (χ0v) is 25.2. The van der Waals surface area contributed by atoms with Crippen molar-refractivity contribution in [1.82, 2.24) is 15.5 Å². The van der Waals surface area contributed by atoms with Gasteiger partial charge in [0.1, 0.15) is 5.75 Å². The number of likely N-dealkylation sites (tertiary alicyclic amines) is 1. The number of methoxy groups -OCH3 is 2. The van der Waals surface area contributed by atoms with Crippen LogP contribution in [0.3, 0.4) is 0 Å². The maximum Gasteiger partial charge on any atom is 0.406 e. The summed E-state index contributed by atoms with van der Waals surface area (Å²) in [6.07, 6.45) is 1.81. The van der Waals surface area contributed by atoms with Crippen LogP contribution in [0.15, 0.2) is 66.7 Å². The van der Waals surface area contributed by atoms with E-state index in [9.17, 15) is 14.7 Å². The van der Waals surface area contributed by atoms with Crippen LogP contribution in [0.1, 0.15) is 47.2 Å². The van der Waals surface area contributed by atoms with E-state index in [1.807, 2.05) is 78.7 Å². The molecule has 2 amide bonds. The van der Waals surface area contributed by atoms with Gasteiger partial charge < -0.3 is 30.1 Å². The lowest BCUT2D eigenvalue weighted by Crippen LogP contribution is -2.48. The molecular weight excluding hydrogens is 554 g/mol. The van der Waals surface area contributed by atoms with Crippen LogP contribution in [0.2, 0.25) is 5.02 Å². The predicted octanol–water partition coefficient (Wildman–Crippen LogP) is 5.61. The fourth-order valence-corrected chi connectivity index (χ4v) is 6.12. The molecule has 2 atom stereocenters. The number of nitrogens with zero attached hydrogens (tertiary/aromatic N) is 1. The minimum Gasteiger partial charge on any atom is -0.497 e. The normalized spacial score (nSPS) is 16.4. The Labute approximate surface area is 253 Å². The third kappa shape index (κ3) is 7.24. The Morgan fingerprint density at radius 3 is 2.57 bits per heavy atom. The zero-order valence-electron chi connectivity index (χ0n) is 24.5. The van der Waals surface area contributed by atoms with Crippen LogP contribution >= 0.6 is 11.6 Å². The number of hydrogen-bond acceptors (Lipinski definition) is 6. The van der Waals surface area contributed by atoms with Crippen LogP contribution in [-0.2, 0) is 16.9 Å². The van der Waals surface area contributed by atoms with E-state index in [0.29, 0.717) is 54.4 Å². The molecule has 0 unspecified atom stereocenters. The number of ether oxygens (including phenoxy) is 2. The van der Waals surface area contributed by atoms with Gasteiger partial charge in [0, 0.05) is 48.2 Å². The van der Waals surface area contributed by atoms with E-state index < -0.39 is 11.7 Å². The highest BCUT2D eigenvalue weighted by Crippen LogP contribution is 2.46. The molecule has 1 fully saturated rings. The summed E-state index contributed by atoms with van der Waals surface area (Å²) in [6, 6.07) is 20.8. The molecule has 3 aromatic rings. The number of benzene rings is 3. The van der Waals surface area contributed by atoms with E-state index in [1.165, 1.54) is 7.11 Å². The molecular formula is C33H40ClN3O5. The Morgan fingerprint density at radius 2 is 1.86 bits per heavy atom. The standard InChI is InChI=1S/C33H40ClN3O5/c1-35-21-23-13-15-24(16-14-23)31(38)37-19-6-9-26(22-37)33(40,17-7-18-36-32(39)42-3)28-11-5-12-29(34)30(28)25-8-4-10-27(20-25)41-2/h4-5,8,10-16,20,26,35,40H,6-7,9,17-19,21-22H2,1-3H3,(H,36,39)/t26-,33+/m1/s1. The molecule has 0 radical (unpaired) electrons. The first-order valence-electron chi connectivity index (χ1n) is 14.3. The number of aliphatic hydroxyl groups is 1. The molecule has 42 heavy (non-hydrogen) atoms. The number of carbonyl (C=O) groups excluding carboxylic acids is 2. The molecule has 0 saturated carbocycles. The van der Waals surface area contributed by atoms with Gasteiger partial charge in [0.05, 0.1) is 19.8 Å². The van der Waals surface area contributed by atoms with Crippen LogP contribution < -0.4 is 15.4 Å². The Kier molecular flexibility index (Phi) is 10.8. The van der Waals surface area contributed by atoms with E-state index in [2.05, 4.69) is 10.6 Å². The monoisotopic (exact) mass is 593 g/mol. The number of piperidine rings is 1. The quantitative estimate of drug-likeness (QED) is 0.250. The number of amides is 2. The lowest BCUT2D eigenvalue weighted by atomic mass is 9.72. The molecule has 1 aliphatic heterocycles. The molecule has 9 heteroatoms. The summed E-state index contributed by atoms with van der Waals surface area (Å²) in [7, 11) is 4.82. The fraction of sp³-hybridized carbons (Fsp3) is 0.394. The van der Waals surface area contributed by atoms with Gasteiger partial charge in [-0.05, 0) is 79.8 Å². The number of rotatable bonds is 11. The molecule has 3 aromatic carbocycles. The maximum atomic E-state index is 13.6. The second-order valence-corrected chi connectivity index (χ2v) is 11.1.